The van der Waals surface area contributed by atoms with Gasteiger partial charge in [-0.1, -0.05) is 42.5 Å². The number of methoxy groups -OCH3 is 1. The van der Waals surface area contributed by atoms with Crippen molar-refractivity contribution < 1.29 is 23.0 Å². The molecule has 1 heterocycles. The van der Waals surface area contributed by atoms with Crippen molar-refractivity contribution in [3.05, 3.63) is 94.5 Å². The summed E-state index contributed by atoms with van der Waals surface area (Å²) in [6.45, 7) is 2.27. The minimum atomic E-state index is -4.45. The van der Waals surface area contributed by atoms with Crippen LogP contribution >= 0.6 is 11.8 Å². The highest BCUT2D eigenvalue weighted by atomic mass is 32.2. The molecule has 4 rings (SSSR count). The van der Waals surface area contributed by atoms with E-state index in [2.05, 4.69) is 18.2 Å². The molecule has 0 amide bonds. The zero-order valence-electron chi connectivity index (χ0n) is 18.5. The summed E-state index contributed by atoms with van der Waals surface area (Å²) in [7, 11) is 1.37. The van der Waals surface area contributed by atoms with Crippen molar-refractivity contribution >= 4 is 11.8 Å². The second kappa shape index (κ2) is 9.79. The van der Waals surface area contributed by atoms with E-state index in [1.807, 2.05) is 35.2 Å². The van der Waals surface area contributed by atoms with Crippen LogP contribution in [0, 0.1) is 0 Å². The van der Waals surface area contributed by atoms with E-state index in [1.165, 1.54) is 18.7 Å². The molecule has 0 saturated carbocycles. The van der Waals surface area contributed by atoms with Crippen molar-refractivity contribution in [3.8, 4) is 5.75 Å². The Morgan fingerprint density at radius 1 is 1.06 bits per heavy atom. The molecular weight excluding hydrogens is 447 g/mol. The summed E-state index contributed by atoms with van der Waals surface area (Å²) < 4.78 is 45.1. The SMILES string of the molecule is COc1cc(C(F)(F)F)ccc1C1c2ccc(SCc3ccccc3)cc2CCN1C(C)O. The molecule has 0 bridgehead atoms. The summed E-state index contributed by atoms with van der Waals surface area (Å²) in [5.74, 6) is 1.02. The van der Waals surface area contributed by atoms with E-state index >= 15 is 0 Å². The summed E-state index contributed by atoms with van der Waals surface area (Å²) in [6.07, 6.45) is -4.47. The number of halogens is 3. The highest BCUT2D eigenvalue weighted by Gasteiger charge is 2.36. The van der Waals surface area contributed by atoms with Crippen molar-refractivity contribution in [3.63, 3.8) is 0 Å². The second-order valence-electron chi connectivity index (χ2n) is 8.11. The average molecular weight is 474 g/mol. The number of aliphatic hydroxyl groups excluding tert-OH is 1. The smallest absolute Gasteiger partial charge is 0.416 e. The number of aliphatic hydroxyl groups is 1. The Hall–Kier alpha value is -2.48. The van der Waals surface area contributed by atoms with E-state index < -0.39 is 24.0 Å². The topological polar surface area (TPSA) is 32.7 Å². The Kier molecular flexibility index (Phi) is 7.02. The summed E-state index contributed by atoms with van der Waals surface area (Å²) in [6, 6.07) is 19.6. The highest BCUT2D eigenvalue weighted by Crippen LogP contribution is 2.43. The maximum absolute atomic E-state index is 13.3. The Balaban J connectivity index is 1.69. The number of ether oxygens (including phenoxy) is 1. The van der Waals surface area contributed by atoms with Crippen LogP contribution in [0.5, 0.6) is 5.75 Å². The summed E-state index contributed by atoms with van der Waals surface area (Å²) in [5.41, 5.74) is 3.21. The first-order valence-corrected chi connectivity index (χ1v) is 11.7. The maximum Gasteiger partial charge on any atom is 0.416 e. The maximum atomic E-state index is 13.3. The molecule has 33 heavy (non-hydrogen) atoms. The third kappa shape index (κ3) is 5.21. The molecule has 0 aromatic heterocycles. The first-order chi connectivity index (χ1) is 15.8. The Morgan fingerprint density at radius 3 is 2.45 bits per heavy atom. The molecule has 2 unspecified atom stereocenters. The van der Waals surface area contributed by atoms with Crippen LogP contribution in [0.4, 0.5) is 13.2 Å². The molecule has 0 fully saturated rings. The molecule has 0 aliphatic carbocycles. The number of rotatable bonds is 6. The van der Waals surface area contributed by atoms with Crippen LogP contribution in [0.15, 0.2) is 71.6 Å². The van der Waals surface area contributed by atoms with E-state index in [-0.39, 0.29) is 5.75 Å². The molecule has 1 aliphatic heterocycles. The van der Waals surface area contributed by atoms with Gasteiger partial charge in [0.1, 0.15) is 12.0 Å². The van der Waals surface area contributed by atoms with Gasteiger partial charge in [0.2, 0.25) is 0 Å². The van der Waals surface area contributed by atoms with Gasteiger partial charge in [-0.2, -0.15) is 13.2 Å². The standard InChI is InChI=1S/C26H26F3NO2S/c1-17(31)30-13-12-19-14-21(33-16-18-6-4-3-5-7-18)9-11-22(19)25(30)23-10-8-20(26(27,28)29)15-24(23)32-2/h3-11,14-15,17,25,31H,12-13,16H2,1-2H3. The summed E-state index contributed by atoms with van der Waals surface area (Å²) >= 11 is 1.75. The number of alkyl halides is 3. The molecule has 1 N–H and O–H groups in total. The molecule has 0 spiro atoms. The largest absolute Gasteiger partial charge is 0.496 e. The van der Waals surface area contributed by atoms with Crippen LogP contribution in [-0.2, 0) is 18.3 Å². The summed E-state index contributed by atoms with van der Waals surface area (Å²) in [5, 5.41) is 10.4. The second-order valence-corrected chi connectivity index (χ2v) is 9.16. The molecule has 3 aromatic rings. The van der Waals surface area contributed by atoms with Crippen LogP contribution in [0.3, 0.4) is 0 Å². The number of nitrogens with zero attached hydrogens (tertiary/aromatic N) is 1. The van der Waals surface area contributed by atoms with Gasteiger partial charge in [-0.25, -0.2) is 0 Å². The van der Waals surface area contributed by atoms with E-state index in [1.54, 1.807) is 18.7 Å². The minimum absolute atomic E-state index is 0.163. The quantitative estimate of drug-likeness (QED) is 0.427. The molecule has 0 saturated heterocycles. The van der Waals surface area contributed by atoms with Crippen molar-refractivity contribution in [2.75, 3.05) is 13.7 Å². The van der Waals surface area contributed by atoms with Gasteiger partial charge in [-0.15, -0.1) is 11.8 Å². The lowest BCUT2D eigenvalue weighted by Gasteiger charge is -2.40. The lowest BCUT2D eigenvalue weighted by atomic mass is 9.87. The monoisotopic (exact) mass is 473 g/mol. The van der Waals surface area contributed by atoms with E-state index in [9.17, 15) is 18.3 Å². The first-order valence-electron chi connectivity index (χ1n) is 10.8. The van der Waals surface area contributed by atoms with Crippen molar-refractivity contribution in [2.24, 2.45) is 0 Å². The molecule has 2 atom stereocenters. The van der Waals surface area contributed by atoms with Gasteiger partial charge in [0.25, 0.3) is 0 Å². The minimum Gasteiger partial charge on any atom is -0.496 e. The van der Waals surface area contributed by atoms with Crippen LogP contribution < -0.4 is 4.74 Å². The van der Waals surface area contributed by atoms with Gasteiger partial charge in [-0.05, 0) is 54.3 Å². The van der Waals surface area contributed by atoms with E-state index in [0.717, 1.165) is 40.3 Å². The normalized spacial score (nSPS) is 17.5. The zero-order chi connectivity index (χ0) is 23.6. The number of fused-ring (bicyclic) bond motifs is 1. The Bertz CT molecular complexity index is 1100. The van der Waals surface area contributed by atoms with Gasteiger partial charge in [0.15, 0.2) is 0 Å². The van der Waals surface area contributed by atoms with Crippen LogP contribution in [-0.4, -0.2) is 29.9 Å². The lowest BCUT2D eigenvalue weighted by molar-refractivity contribution is -0.137. The Morgan fingerprint density at radius 2 is 1.79 bits per heavy atom. The van der Waals surface area contributed by atoms with E-state index in [4.69, 9.17) is 4.74 Å². The lowest BCUT2D eigenvalue weighted by Crippen LogP contribution is -2.42. The van der Waals surface area contributed by atoms with Crippen LogP contribution in [0.2, 0.25) is 0 Å². The van der Waals surface area contributed by atoms with Gasteiger partial charge < -0.3 is 9.84 Å². The number of thioether (sulfide) groups is 1. The van der Waals surface area contributed by atoms with Gasteiger partial charge >= 0.3 is 6.18 Å². The number of benzene rings is 3. The zero-order valence-corrected chi connectivity index (χ0v) is 19.3. The molecule has 1 aliphatic rings. The number of hydrogen-bond donors (Lipinski definition) is 1. The van der Waals surface area contributed by atoms with Crippen molar-refractivity contribution in [1.82, 2.24) is 4.90 Å². The molecule has 174 valence electrons. The highest BCUT2D eigenvalue weighted by molar-refractivity contribution is 7.98. The van der Waals surface area contributed by atoms with Gasteiger partial charge in [0, 0.05) is 22.8 Å². The third-order valence-corrected chi connectivity index (χ3v) is 7.03. The fraction of sp³-hybridized carbons (Fsp3) is 0.308. The average Bonchev–Trinajstić information content (AvgIpc) is 2.81. The molecule has 3 aromatic carbocycles. The van der Waals surface area contributed by atoms with Crippen molar-refractivity contribution in [1.29, 1.82) is 0 Å². The number of hydrogen-bond acceptors (Lipinski definition) is 4. The van der Waals surface area contributed by atoms with Gasteiger partial charge in [0.05, 0.1) is 18.7 Å². The van der Waals surface area contributed by atoms with Gasteiger partial charge in [-0.3, -0.25) is 4.90 Å². The molecule has 7 heteroatoms. The third-order valence-electron chi connectivity index (χ3n) is 5.96. The fourth-order valence-corrected chi connectivity index (χ4v) is 5.23. The van der Waals surface area contributed by atoms with Crippen LogP contribution in [0.1, 0.15) is 40.8 Å². The van der Waals surface area contributed by atoms with Crippen LogP contribution in [0.25, 0.3) is 0 Å². The Labute approximate surface area is 196 Å². The predicted octanol–water partition coefficient (Wildman–Crippen LogP) is 6.29. The predicted molar refractivity (Wildman–Crippen MR) is 124 cm³/mol. The molecule has 0 radical (unpaired) electrons. The van der Waals surface area contributed by atoms with Crippen molar-refractivity contribution in [2.45, 2.75) is 42.4 Å². The molecular formula is C26H26F3NO2S. The molecule has 3 nitrogen and oxygen atoms in total. The fourth-order valence-electron chi connectivity index (χ4n) is 4.32. The summed E-state index contributed by atoms with van der Waals surface area (Å²) in [4.78, 5) is 3.03. The van der Waals surface area contributed by atoms with E-state index in [0.29, 0.717) is 12.1 Å². The first kappa shape index (κ1) is 23.7.